The normalized spacial score (nSPS) is 10.4. The summed E-state index contributed by atoms with van der Waals surface area (Å²) in [5, 5.41) is 5.71. The first kappa shape index (κ1) is 15.2. The van der Waals surface area contributed by atoms with Gasteiger partial charge in [0.1, 0.15) is 5.75 Å². The SMILES string of the molecule is COc1ccc(C(=O)CNC(C)C)cc1NC(C)=O. The Morgan fingerprint density at radius 2 is 2.00 bits per heavy atom. The fourth-order valence-corrected chi connectivity index (χ4v) is 1.57. The summed E-state index contributed by atoms with van der Waals surface area (Å²) in [4.78, 5) is 23.1. The number of carbonyl (C=O) groups excluding carboxylic acids is 2. The molecule has 0 radical (unpaired) electrons. The van der Waals surface area contributed by atoms with Gasteiger partial charge in [0.2, 0.25) is 5.91 Å². The number of carbonyl (C=O) groups is 2. The summed E-state index contributed by atoms with van der Waals surface area (Å²) in [6.07, 6.45) is 0. The third-order valence-corrected chi connectivity index (χ3v) is 2.50. The molecule has 5 heteroatoms. The number of ether oxygens (including phenoxy) is 1. The highest BCUT2D eigenvalue weighted by Gasteiger charge is 2.11. The van der Waals surface area contributed by atoms with Crippen LogP contribution in [-0.2, 0) is 4.79 Å². The van der Waals surface area contributed by atoms with Gasteiger partial charge >= 0.3 is 0 Å². The fraction of sp³-hybridized carbons (Fsp3) is 0.429. The molecule has 1 amide bonds. The highest BCUT2D eigenvalue weighted by atomic mass is 16.5. The molecular formula is C14H20N2O3. The van der Waals surface area contributed by atoms with E-state index in [4.69, 9.17) is 4.74 Å². The molecule has 0 saturated carbocycles. The van der Waals surface area contributed by atoms with Crippen LogP contribution >= 0.6 is 0 Å². The van der Waals surface area contributed by atoms with Crippen LogP contribution in [0.25, 0.3) is 0 Å². The second kappa shape index (κ2) is 6.89. The Kier molecular flexibility index (Phi) is 5.51. The van der Waals surface area contributed by atoms with E-state index in [1.54, 1.807) is 18.2 Å². The van der Waals surface area contributed by atoms with Gasteiger partial charge in [0.25, 0.3) is 0 Å². The Hall–Kier alpha value is -1.88. The predicted molar refractivity (Wildman–Crippen MR) is 74.8 cm³/mol. The molecule has 0 heterocycles. The van der Waals surface area contributed by atoms with Gasteiger partial charge in [0.15, 0.2) is 5.78 Å². The predicted octanol–water partition coefficient (Wildman–Crippen LogP) is 1.83. The van der Waals surface area contributed by atoms with Crippen LogP contribution in [0.5, 0.6) is 5.75 Å². The number of benzene rings is 1. The van der Waals surface area contributed by atoms with Gasteiger partial charge in [0, 0.05) is 18.5 Å². The number of hydrogen-bond acceptors (Lipinski definition) is 4. The molecule has 5 nitrogen and oxygen atoms in total. The lowest BCUT2D eigenvalue weighted by Crippen LogP contribution is -2.29. The van der Waals surface area contributed by atoms with E-state index in [-0.39, 0.29) is 24.3 Å². The molecule has 2 N–H and O–H groups in total. The van der Waals surface area contributed by atoms with E-state index in [0.717, 1.165) is 0 Å². The average molecular weight is 264 g/mol. The van der Waals surface area contributed by atoms with Crippen molar-refractivity contribution in [3.05, 3.63) is 23.8 Å². The van der Waals surface area contributed by atoms with E-state index in [0.29, 0.717) is 17.0 Å². The standard InChI is InChI=1S/C14H20N2O3/c1-9(2)15-8-13(18)11-5-6-14(19-4)12(7-11)16-10(3)17/h5-7,9,15H,8H2,1-4H3,(H,16,17). The minimum absolute atomic E-state index is 0.0250. The Balaban J connectivity index is 2.90. The zero-order valence-electron chi connectivity index (χ0n) is 11.7. The van der Waals surface area contributed by atoms with E-state index in [1.807, 2.05) is 13.8 Å². The van der Waals surface area contributed by atoms with E-state index in [9.17, 15) is 9.59 Å². The summed E-state index contributed by atoms with van der Waals surface area (Å²) in [5.74, 6) is 0.301. The van der Waals surface area contributed by atoms with E-state index in [1.165, 1.54) is 14.0 Å². The maximum Gasteiger partial charge on any atom is 0.221 e. The van der Waals surface area contributed by atoms with Crippen molar-refractivity contribution in [2.24, 2.45) is 0 Å². The zero-order valence-corrected chi connectivity index (χ0v) is 11.7. The van der Waals surface area contributed by atoms with E-state index >= 15 is 0 Å². The van der Waals surface area contributed by atoms with Crippen molar-refractivity contribution < 1.29 is 14.3 Å². The summed E-state index contributed by atoms with van der Waals surface area (Å²) in [6, 6.07) is 5.24. The fourth-order valence-electron chi connectivity index (χ4n) is 1.57. The lowest BCUT2D eigenvalue weighted by molar-refractivity contribution is -0.114. The minimum Gasteiger partial charge on any atom is -0.495 e. The number of amides is 1. The summed E-state index contributed by atoms with van der Waals surface area (Å²) in [7, 11) is 1.52. The van der Waals surface area contributed by atoms with Gasteiger partial charge in [-0.2, -0.15) is 0 Å². The largest absolute Gasteiger partial charge is 0.495 e. The molecule has 0 aliphatic carbocycles. The first-order valence-corrected chi connectivity index (χ1v) is 6.16. The molecule has 0 aliphatic heterocycles. The van der Waals surface area contributed by atoms with Crippen LogP contribution in [-0.4, -0.2) is 31.4 Å². The average Bonchev–Trinajstić information content (AvgIpc) is 2.35. The summed E-state index contributed by atoms with van der Waals surface area (Å²) >= 11 is 0. The van der Waals surface area contributed by atoms with Crippen molar-refractivity contribution in [2.75, 3.05) is 19.0 Å². The highest BCUT2D eigenvalue weighted by Crippen LogP contribution is 2.25. The van der Waals surface area contributed by atoms with E-state index in [2.05, 4.69) is 10.6 Å². The maximum absolute atomic E-state index is 12.0. The van der Waals surface area contributed by atoms with Crippen LogP contribution in [0.4, 0.5) is 5.69 Å². The van der Waals surface area contributed by atoms with Crippen molar-refractivity contribution in [3.63, 3.8) is 0 Å². The first-order valence-electron chi connectivity index (χ1n) is 6.16. The number of nitrogens with one attached hydrogen (secondary N) is 2. The summed E-state index contributed by atoms with van der Waals surface area (Å²) in [5.41, 5.74) is 1.04. The van der Waals surface area contributed by atoms with Crippen LogP contribution in [0.15, 0.2) is 18.2 Å². The lowest BCUT2D eigenvalue weighted by Gasteiger charge is -2.11. The zero-order chi connectivity index (χ0) is 14.4. The third-order valence-electron chi connectivity index (χ3n) is 2.50. The third kappa shape index (κ3) is 4.71. The maximum atomic E-state index is 12.0. The molecule has 0 spiro atoms. The van der Waals surface area contributed by atoms with Gasteiger partial charge < -0.3 is 15.4 Å². The minimum atomic E-state index is -0.205. The Morgan fingerprint density at radius 1 is 1.32 bits per heavy atom. The van der Waals surface area contributed by atoms with Crippen LogP contribution in [0.2, 0.25) is 0 Å². The Bertz CT molecular complexity index is 470. The number of hydrogen-bond donors (Lipinski definition) is 2. The van der Waals surface area contributed by atoms with Crippen molar-refractivity contribution >= 4 is 17.4 Å². The molecule has 1 aromatic carbocycles. The van der Waals surface area contributed by atoms with Crippen molar-refractivity contribution in [2.45, 2.75) is 26.8 Å². The topological polar surface area (TPSA) is 67.4 Å². The first-order chi connectivity index (χ1) is 8.93. The number of anilines is 1. The lowest BCUT2D eigenvalue weighted by atomic mass is 10.1. The second-order valence-electron chi connectivity index (χ2n) is 4.56. The molecule has 0 aliphatic rings. The second-order valence-corrected chi connectivity index (χ2v) is 4.56. The molecule has 1 aromatic rings. The molecule has 0 fully saturated rings. The highest BCUT2D eigenvalue weighted by molar-refractivity contribution is 6.00. The van der Waals surface area contributed by atoms with Crippen LogP contribution in [0.3, 0.4) is 0 Å². The van der Waals surface area contributed by atoms with Gasteiger partial charge in [-0.15, -0.1) is 0 Å². The van der Waals surface area contributed by atoms with Crippen molar-refractivity contribution in [1.82, 2.24) is 5.32 Å². The number of methoxy groups -OCH3 is 1. The molecule has 0 aromatic heterocycles. The monoisotopic (exact) mass is 264 g/mol. The van der Waals surface area contributed by atoms with Gasteiger partial charge in [-0.25, -0.2) is 0 Å². The number of Topliss-reactive ketones (excluding diaryl/α,β-unsaturated/α-hetero) is 1. The molecule has 0 unspecified atom stereocenters. The Labute approximate surface area is 113 Å². The molecular weight excluding hydrogens is 244 g/mol. The van der Waals surface area contributed by atoms with Crippen molar-refractivity contribution in [1.29, 1.82) is 0 Å². The molecule has 0 atom stereocenters. The molecule has 19 heavy (non-hydrogen) atoms. The molecule has 0 saturated heterocycles. The molecule has 0 bridgehead atoms. The van der Waals surface area contributed by atoms with Crippen LogP contribution in [0, 0.1) is 0 Å². The Morgan fingerprint density at radius 3 is 2.53 bits per heavy atom. The summed E-state index contributed by atoms with van der Waals surface area (Å²) < 4.78 is 5.14. The van der Waals surface area contributed by atoms with Gasteiger partial charge in [-0.3, -0.25) is 9.59 Å². The van der Waals surface area contributed by atoms with E-state index < -0.39 is 0 Å². The van der Waals surface area contributed by atoms with Crippen LogP contribution in [0.1, 0.15) is 31.1 Å². The number of rotatable bonds is 6. The van der Waals surface area contributed by atoms with Gasteiger partial charge in [-0.05, 0) is 18.2 Å². The van der Waals surface area contributed by atoms with Gasteiger partial charge in [0.05, 0.1) is 19.3 Å². The number of ketones is 1. The van der Waals surface area contributed by atoms with Crippen molar-refractivity contribution in [3.8, 4) is 5.75 Å². The van der Waals surface area contributed by atoms with Crippen LogP contribution < -0.4 is 15.4 Å². The quantitative estimate of drug-likeness (QED) is 0.769. The summed E-state index contributed by atoms with van der Waals surface area (Å²) in [6.45, 7) is 5.63. The molecule has 104 valence electrons. The molecule has 1 rings (SSSR count). The van der Waals surface area contributed by atoms with Gasteiger partial charge in [-0.1, -0.05) is 13.8 Å². The smallest absolute Gasteiger partial charge is 0.221 e.